The highest BCUT2D eigenvalue weighted by molar-refractivity contribution is 5.41. The molecule has 1 aromatic heterocycles. The predicted octanol–water partition coefficient (Wildman–Crippen LogP) is 0.0402. The fraction of sp³-hybridized carbons (Fsp3) is 0.444. The summed E-state index contributed by atoms with van der Waals surface area (Å²) in [4.78, 5) is 11.4. The minimum Gasteiger partial charge on any atom is -0.394 e. The Hall–Kier alpha value is -1.29. The van der Waals surface area contributed by atoms with Gasteiger partial charge in [-0.2, -0.15) is 0 Å². The van der Waals surface area contributed by atoms with Crippen molar-refractivity contribution < 1.29 is 4.74 Å². The Morgan fingerprint density at radius 1 is 1.62 bits per heavy atom. The fourth-order valence-corrected chi connectivity index (χ4v) is 1.67. The molecule has 0 amide bonds. The van der Waals surface area contributed by atoms with Crippen LogP contribution in [-0.2, 0) is 24.8 Å². The average Bonchev–Trinajstić information content (AvgIpc) is 2.15. The number of anilines is 1. The number of nitrogens with zero attached hydrogens (tertiary/aromatic N) is 1. The van der Waals surface area contributed by atoms with Gasteiger partial charge in [0.05, 0.1) is 18.9 Å². The number of ether oxygens (including phenoxy) is 1. The van der Waals surface area contributed by atoms with Crippen LogP contribution >= 0.6 is 0 Å². The lowest BCUT2D eigenvalue weighted by molar-refractivity contribution is 0.108. The summed E-state index contributed by atoms with van der Waals surface area (Å²) in [5.74, 6) is 0. The molecule has 0 aromatic carbocycles. The average molecular weight is 180 g/mol. The quantitative estimate of drug-likeness (QED) is 0.613. The number of nitrogen functional groups attached to an aromatic ring is 1. The number of hydrogen-bond donors (Lipinski definition) is 1. The maximum absolute atomic E-state index is 11.4. The molecule has 1 aromatic rings. The van der Waals surface area contributed by atoms with Gasteiger partial charge in [-0.05, 0) is 11.6 Å². The van der Waals surface area contributed by atoms with Gasteiger partial charge >= 0.3 is 0 Å². The Bertz CT molecular complexity index is 395. The fourth-order valence-electron chi connectivity index (χ4n) is 1.67. The van der Waals surface area contributed by atoms with Crippen molar-refractivity contribution >= 4 is 5.69 Å². The molecular formula is C9H12N2O2. The first-order chi connectivity index (χ1) is 6.20. The topological polar surface area (TPSA) is 57.2 Å². The van der Waals surface area contributed by atoms with Gasteiger partial charge in [0.2, 0.25) is 0 Å². The van der Waals surface area contributed by atoms with Gasteiger partial charge in [-0.1, -0.05) is 0 Å². The number of fused-ring (bicyclic) bond motifs is 1. The first kappa shape index (κ1) is 8.31. The van der Waals surface area contributed by atoms with Gasteiger partial charge < -0.3 is 15.0 Å². The molecule has 70 valence electrons. The van der Waals surface area contributed by atoms with Crippen molar-refractivity contribution in [1.29, 1.82) is 0 Å². The van der Waals surface area contributed by atoms with Crippen molar-refractivity contribution in [1.82, 2.24) is 4.57 Å². The number of rotatable bonds is 0. The molecule has 1 aliphatic heterocycles. The normalized spacial score (nSPS) is 15.5. The van der Waals surface area contributed by atoms with Crippen LogP contribution in [-0.4, -0.2) is 11.2 Å². The second kappa shape index (κ2) is 2.88. The van der Waals surface area contributed by atoms with Crippen LogP contribution in [0.1, 0.15) is 11.3 Å². The third-order valence-corrected chi connectivity index (χ3v) is 2.40. The summed E-state index contributed by atoms with van der Waals surface area (Å²) in [5, 5.41) is 0. The summed E-state index contributed by atoms with van der Waals surface area (Å²) in [7, 11) is 1.75. The first-order valence-corrected chi connectivity index (χ1v) is 4.25. The summed E-state index contributed by atoms with van der Waals surface area (Å²) in [6, 6.07) is 1.72. The van der Waals surface area contributed by atoms with E-state index in [2.05, 4.69) is 0 Å². The second-order valence-electron chi connectivity index (χ2n) is 3.24. The smallest absolute Gasteiger partial charge is 0.273 e. The zero-order chi connectivity index (χ0) is 9.42. The van der Waals surface area contributed by atoms with E-state index in [1.54, 1.807) is 17.7 Å². The summed E-state index contributed by atoms with van der Waals surface area (Å²) >= 11 is 0. The van der Waals surface area contributed by atoms with E-state index in [0.717, 1.165) is 17.7 Å². The highest BCUT2D eigenvalue weighted by Crippen LogP contribution is 2.15. The lowest BCUT2D eigenvalue weighted by Gasteiger charge is -2.19. The van der Waals surface area contributed by atoms with E-state index in [1.165, 1.54) is 0 Å². The van der Waals surface area contributed by atoms with Crippen molar-refractivity contribution in [2.75, 3.05) is 12.3 Å². The molecule has 0 aliphatic carbocycles. The van der Waals surface area contributed by atoms with Gasteiger partial charge in [0.1, 0.15) is 0 Å². The van der Waals surface area contributed by atoms with Gasteiger partial charge in [0.25, 0.3) is 5.56 Å². The molecule has 0 atom stereocenters. The van der Waals surface area contributed by atoms with E-state index in [0.29, 0.717) is 18.9 Å². The van der Waals surface area contributed by atoms with E-state index in [4.69, 9.17) is 10.5 Å². The zero-order valence-corrected chi connectivity index (χ0v) is 7.54. The van der Waals surface area contributed by atoms with E-state index in [-0.39, 0.29) is 5.56 Å². The van der Waals surface area contributed by atoms with Gasteiger partial charge in [0, 0.05) is 19.2 Å². The highest BCUT2D eigenvalue weighted by Gasteiger charge is 2.14. The van der Waals surface area contributed by atoms with Crippen molar-refractivity contribution in [2.45, 2.75) is 13.0 Å². The largest absolute Gasteiger partial charge is 0.394 e. The number of aromatic nitrogens is 1. The monoisotopic (exact) mass is 180 g/mol. The maximum atomic E-state index is 11.4. The molecule has 0 spiro atoms. The molecule has 13 heavy (non-hydrogen) atoms. The molecule has 0 bridgehead atoms. The number of nitrogens with two attached hydrogens (primary N) is 1. The Morgan fingerprint density at radius 3 is 3.15 bits per heavy atom. The molecule has 0 unspecified atom stereocenters. The molecule has 0 saturated heterocycles. The molecule has 2 N–H and O–H groups in total. The summed E-state index contributed by atoms with van der Waals surface area (Å²) < 4.78 is 6.89. The molecule has 2 rings (SSSR count). The lowest BCUT2D eigenvalue weighted by Crippen LogP contribution is -2.27. The Balaban J connectivity index is 2.67. The van der Waals surface area contributed by atoms with E-state index in [9.17, 15) is 4.79 Å². The van der Waals surface area contributed by atoms with Gasteiger partial charge in [-0.25, -0.2) is 0 Å². The molecule has 1 aliphatic rings. The van der Waals surface area contributed by atoms with Crippen LogP contribution < -0.4 is 11.3 Å². The van der Waals surface area contributed by atoms with Crippen molar-refractivity contribution in [3.63, 3.8) is 0 Å². The van der Waals surface area contributed by atoms with Crippen molar-refractivity contribution in [3.05, 3.63) is 27.7 Å². The molecule has 4 heteroatoms. The third-order valence-electron chi connectivity index (χ3n) is 2.40. The molecular weight excluding hydrogens is 168 g/mol. The first-order valence-electron chi connectivity index (χ1n) is 4.25. The Labute approximate surface area is 75.9 Å². The minimum absolute atomic E-state index is 0.111. The lowest BCUT2D eigenvalue weighted by atomic mass is 10.1. The molecule has 4 nitrogen and oxygen atoms in total. The van der Waals surface area contributed by atoms with Crippen molar-refractivity contribution in [3.8, 4) is 0 Å². The molecule has 0 saturated carbocycles. The third kappa shape index (κ3) is 1.23. The molecule has 0 fully saturated rings. The predicted molar refractivity (Wildman–Crippen MR) is 49.5 cm³/mol. The zero-order valence-electron chi connectivity index (χ0n) is 7.54. The SMILES string of the molecule is Cn1c2c(cc(N)c1=O)COCC2. The van der Waals surface area contributed by atoms with Crippen LogP contribution in [0, 0.1) is 0 Å². The summed E-state index contributed by atoms with van der Waals surface area (Å²) in [6.07, 6.45) is 0.793. The molecule has 2 heterocycles. The van der Waals surface area contributed by atoms with Gasteiger partial charge in [-0.15, -0.1) is 0 Å². The number of pyridine rings is 1. The van der Waals surface area contributed by atoms with Crippen molar-refractivity contribution in [2.24, 2.45) is 7.05 Å². The van der Waals surface area contributed by atoms with E-state index < -0.39 is 0 Å². The van der Waals surface area contributed by atoms with Crippen LogP contribution in [0.3, 0.4) is 0 Å². The van der Waals surface area contributed by atoms with Gasteiger partial charge in [-0.3, -0.25) is 4.79 Å². The molecule has 0 radical (unpaired) electrons. The van der Waals surface area contributed by atoms with E-state index in [1.807, 2.05) is 0 Å². The van der Waals surface area contributed by atoms with Gasteiger partial charge in [0.15, 0.2) is 0 Å². The van der Waals surface area contributed by atoms with Crippen LogP contribution in [0.2, 0.25) is 0 Å². The Kier molecular flexibility index (Phi) is 1.84. The number of hydrogen-bond acceptors (Lipinski definition) is 3. The van der Waals surface area contributed by atoms with Crippen LogP contribution in [0.15, 0.2) is 10.9 Å². The van der Waals surface area contributed by atoms with Crippen LogP contribution in [0.25, 0.3) is 0 Å². The highest BCUT2D eigenvalue weighted by atomic mass is 16.5. The van der Waals surface area contributed by atoms with Crippen LogP contribution in [0.4, 0.5) is 5.69 Å². The standard InChI is InChI=1S/C9H12N2O2/c1-11-8-2-3-13-5-6(8)4-7(10)9(11)12/h4H,2-3,5,10H2,1H3. The maximum Gasteiger partial charge on any atom is 0.273 e. The van der Waals surface area contributed by atoms with E-state index >= 15 is 0 Å². The second-order valence-corrected chi connectivity index (χ2v) is 3.24. The summed E-state index contributed by atoms with van der Waals surface area (Å²) in [5.41, 5.74) is 7.82. The summed E-state index contributed by atoms with van der Waals surface area (Å²) in [6.45, 7) is 1.25. The van der Waals surface area contributed by atoms with Crippen LogP contribution in [0.5, 0.6) is 0 Å². The Morgan fingerprint density at radius 2 is 2.38 bits per heavy atom. The minimum atomic E-state index is -0.111.